The molecule has 0 saturated carbocycles. The number of carbonyl (C=O) groups excluding carboxylic acids is 2. The number of hydrogen-bond donors (Lipinski definition) is 0. The molecule has 1 aliphatic rings. The van der Waals surface area contributed by atoms with E-state index in [-0.39, 0.29) is 6.61 Å². The maximum atomic E-state index is 12.8. The molecular weight excluding hydrogens is 408 g/mol. The summed E-state index contributed by atoms with van der Waals surface area (Å²) in [7, 11) is 1.61. The molecule has 0 aliphatic carbocycles. The van der Waals surface area contributed by atoms with Crippen LogP contribution in [0.3, 0.4) is 0 Å². The van der Waals surface area contributed by atoms with Gasteiger partial charge in [0.05, 0.1) is 12.7 Å². The number of rotatable bonds is 3. The summed E-state index contributed by atoms with van der Waals surface area (Å²) < 4.78 is 21.7. The van der Waals surface area contributed by atoms with Gasteiger partial charge in [-0.25, -0.2) is 9.59 Å². The minimum absolute atomic E-state index is 0.0261. The Balaban J connectivity index is 2.01. The van der Waals surface area contributed by atoms with Crippen molar-refractivity contribution in [3.8, 4) is 22.6 Å². The van der Waals surface area contributed by atoms with Crippen molar-refractivity contribution in [1.82, 2.24) is 0 Å². The Labute approximate surface area is 187 Å². The summed E-state index contributed by atoms with van der Waals surface area (Å²) in [6.07, 6.45) is -0.823. The molecule has 0 spiro atoms. The van der Waals surface area contributed by atoms with Gasteiger partial charge in [0.25, 0.3) is 0 Å². The summed E-state index contributed by atoms with van der Waals surface area (Å²) in [4.78, 5) is 25.4. The number of cyclic esters (lactones) is 1. The number of ether oxygens (including phenoxy) is 4. The van der Waals surface area contributed by atoms with Crippen LogP contribution in [0.4, 0.5) is 4.79 Å². The third-order valence-electron chi connectivity index (χ3n) is 5.48. The van der Waals surface area contributed by atoms with Gasteiger partial charge in [-0.3, -0.25) is 0 Å². The van der Waals surface area contributed by atoms with E-state index >= 15 is 0 Å². The normalized spacial score (nSPS) is 13.0. The molecule has 0 radical (unpaired) electrons. The van der Waals surface area contributed by atoms with Crippen molar-refractivity contribution in [2.75, 3.05) is 7.11 Å². The first-order valence-electron chi connectivity index (χ1n) is 10.4. The zero-order valence-electron chi connectivity index (χ0n) is 19.1. The molecule has 0 fully saturated rings. The van der Waals surface area contributed by atoms with Crippen LogP contribution in [0, 0.1) is 13.8 Å². The maximum absolute atomic E-state index is 12.8. The van der Waals surface area contributed by atoms with E-state index in [0.29, 0.717) is 22.6 Å². The molecule has 0 unspecified atom stereocenters. The summed E-state index contributed by atoms with van der Waals surface area (Å²) in [5.74, 6) is 0.574. The smallest absolute Gasteiger partial charge is 0.497 e. The zero-order valence-corrected chi connectivity index (χ0v) is 19.1. The minimum Gasteiger partial charge on any atom is -0.497 e. The summed E-state index contributed by atoms with van der Waals surface area (Å²) in [5, 5.41) is 1.52. The molecule has 1 heterocycles. The fourth-order valence-electron chi connectivity index (χ4n) is 3.87. The quantitative estimate of drug-likeness (QED) is 0.365. The monoisotopic (exact) mass is 434 g/mol. The van der Waals surface area contributed by atoms with Gasteiger partial charge >= 0.3 is 12.1 Å². The number of carbonyl (C=O) groups is 2. The van der Waals surface area contributed by atoms with Crippen LogP contribution in [-0.4, -0.2) is 24.8 Å². The summed E-state index contributed by atoms with van der Waals surface area (Å²) in [5.41, 5.74) is 3.93. The number of aryl methyl sites for hydroxylation is 2. The number of esters is 1. The molecule has 0 bridgehead atoms. The van der Waals surface area contributed by atoms with E-state index in [9.17, 15) is 9.59 Å². The second kappa shape index (κ2) is 7.86. The molecule has 0 saturated heterocycles. The van der Waals surface area contributed by atoms with Crippen molar-refractivity contribution in [2.45, 2.75) is 46.8 Å². The Morgan fingerprint density at radius 1 is 0.969 bits per heavy atom. The van der Waals surface area contributed by atoms with E-state index in [1.807, 2.05) is 50.2 Å². The van der Waals surface area contributed by atoms with E-state index in [4.69, 9.17) is 18.9 Å². The van der Waals surface area contributed by atoms with Crippen LogP contribution in [0.2, 0.25) is 0 Å². The molecule has 0 atom stereocenters. The van der Waals surface area contributed by atoms with Crippen molar-refractivity contribution in [2.24, 2.45) is 0 Å². The molecule has 6 nitrogen and oxygen atoms in total. The highest BCUT2D eigenvalue weighted by Gasteiger charge is 2.33. The van der Waals surface area contributed by atoms with E-state index in [1.165, 1.54) is 0 Å². The average molecular weight is 434 g/mol. The Hall–Kier alpha value is -3.54. The highest BCUT2D eigenvalue weighted by molar-refractivity contribution is 6.13. The first-order chi connectivity index (χ1) is 15.1. The molecular formula is C26H26O6. The fourth-order valence-corrected chi connectivity index (χ4v) is 3.87. The van der Waals surface area contributed by atoms with Gasteiger partial charge in [-0.2, -0.15) is 0 Å². The number of benzene rings is 3. The van der Waals surface area contributed by atoms with Gasteiger partial charge < -0.3 is 18.9 Å². The van der Waals surface area contributed by atoms with Crippen LogP contribution in [0.25, 0.3) is 21.9 Å². The van der Waals surface area contributed by atoms with Crippen LogP contribution >= 0.6 is 0 Å². The fraction of sp³-hybridized carbons (Fsp3) is 0.308. The third-order valence-corrected chi connectivity index (χ3v) is 5.48. The largest absolute Gasteiger partial charge is 0.514 e. The predicted octanol–water partition coefficient (Wildman–Crippen LogP) is 6.12. The Kier molecular flexibility index (Phi) is 5.33. The first kappa shape index (κ1) is 21.7. The Morgan fingerprint density at radius 2 is 1.59 bits per heavy atom. The second-order valence-electron chi connectivity index (χ2n) is 8.91. The van der Waals surface area contributed by atoms with Gasteiger partial charge in [-0.05, 0) is 74.9 Å². The lowest BCUT2D eigenvalue weighted by molar-refractivity contribution is 0.0206. The van der Waals surface area contributed by atoms with Gasteiger partial charge in [-0.15, -0.1) is 0 Å². The number of methoxy groups -OCH3 is 1. The highest BCUT2D eigenvalue weighted by atomic mass is 16.7. The maximum Gasteiger partial charge on any atom is 0.514 e. The van der Waals surface area contributed by atoms with Gasteiger partial charge in [0.2, 0.25) is 0 Å². The molecule has 3 aromatic rings. The molecule has 32 heavy (non-hydrogen) atoms. The SMILES string of the molecule is COc1ccc(-c2c3c(c(OC(=O)OC(C)(C)C)c4cc(C)c(C)cc24)COC3=O)cc1. The Bertz CT molecular complexity index is 1230. The first-order valence-corrected chi connectivity index (χ1v) is 10.4. The van der Waals surface area contributed by atoms with Crippen molar-refractivity contribution in [3.05, 3.63) is 58.7 Å². The molecule has 6 heteroatoms. The summed E-state index contributed by atoms with van der Waals surface area (Å²) in [6, 6.07) is 11.5. The lowest BCUT2D eigenvalue weighted by Crippen LogP contribution is -2.26. The van der Waals surface area contributed by atoms with E-state index < -0.39 is 17.7 Å². The van der Waals surface area contributed by atoms with Crippen LogP contribution in [0.5, 0.6) is 11.5 Å². The summed E-state index contributed by atoms with van der Waals surface area (Å²) >= 11 is 0. The molecule has 3 aromatic carbocycles. The van der Waals surface area contributed by atoms with Crippen molar-refractivity contribution >= 4 is 22.9 Å². The van der Waals surface area contributed by atoms with Gasteiger partial charge in [0.15, 0.2) is 0 Å². The van der Waals surface area contributed by atoms with Crippen LogP contribution in [0.1, 0.15) is 47.8 Å². The van der Waals surface area contributed by atoms with Crippen LogP contribution in [0.15, 0.2) is 36.4 Å². The molecule has 166 valence electrons. The van der Waals surface area contributed by atoms with Crippen LogP contribution < -0.4 is 9.47 Å². The highest BCUT2D eigenvalue weighted by Crippen LogP contribution is 2.45. The molecule has 0 amide bonds. The topological polar surface area (TPSA) is 71.1 Å². The lowest BCUT2D eigenvalue weighted by atomic mass is 9.88. The van der Waals surface area contributed by atoms with Crippen LogP contribution in [-0.2, 0) is 16.1 Å². The lowest BCUT2D eigenvalue weighted by Gasteiger charge is -2.21. The van der Waals surface area contributed by atoms with E-state index in [0.717, 1.165) is 33.0 Å². The predicted molar refractivity (Wildman–Crippen MR) is 121 cm³/mol. The van der Waals surface area contributed by atoms with E-state index in [1.54, 1.807) is 27.9 Å². The van der Waals surface area contributed by atoms with Gasteiger partial charge in [-0.1, -0.05) is 18.2 Å². The molecule has 1 aliphatic heterocycles. The second-order valence-corrected chi connectivity index (χ2v) is 8.91. The Morgan fingerprint density at radius 3 is 2.19 bits per heavy atom. The van der Waals surface area contributed by atoms with Gasteiger partial charge in [0.1, 0.15) is 23.7 Å². The molecule has 0 N–H and O–H groups in total. The summed E-state index contributed by atoms with van der Waals surface area (Å²) in [6.45, 7) is 9.33. The average Bonchev–Trinajstić information content (AvgIpc) is 3.10. The number of hydrogen-bond acceptors (Lipinski definition) is 6. The molecule has 4 rings (SSSR count). The zero-order chi connectivity index (χ0) is 23.2. The molecule has 0 aromatic heterocycles. The third kappa shape index (κ3) is 3.88. The standard InChI is InChI=1S/C26H26O6/c1-14-11-18-19(12-15(14)2)23(31-25(28)32-26(3,4)5)20-13-30-24(27)22(20)21(18)16-7-9-17(29-6)10-8-16/h7-12H,13H2,1-6H3. The van der Waals surface area contributed by atoms with Gasteiger partial charge in [0, 0.05) is 16.5 Å². The van der Waals surface area contributed by atoms with E-state index in [2.05, 4.69) is 0 Å². The minimum atomic E-state index is -0.823. The van der Waals surface area contributed by atoms with Crippen molar-refractivity contribution in [3.63, 3.8) is 0 Å². The van der Waals surface area contributed by atoms with Crippen molar-refractivity contribution in [1.29, 1.82) is 0 Å². The number of fused-ring (bicyclic) bond motifs is 2. The van der Waals surface area contributed by atoms with Crippen molar-refractivity contribution < 1.29 is 28.5 Å².